The molecule has 0 radical (unpaired) electrons. The van der Waals surface area contributed by atoms with E-state index in [1.807, 2.05) is 11.3 Å². The van der Waals surface area contributed by atoms with Crippen LogP contribution in [0.15, 0.2) is 29.6 Å². The molecule has 0 amide bonds. The Hall–Kier alpha value is -0.980. The number of piperazine rings is 1. The molecule has 4 nitrogen and oxygen atoms in total. The molecule has 1 unspecified atom stereocenters. The van der Waals surface area contributed by atoms with Crippen molar-refractivity contribution in [1.82, 2.24) is 9.80 Å². The monoisotopic (exact) mass is 306 g/mol. The molecule has 114 valence electrons. The molecule has 1 aliphatic heterocycles. The maximum atomic E-state index is 9.50. The van der Waals surface area contributed by atoms with Crippen LogP contribution in [0.4, 0.5) is 0 Å². The Morgan fingerprint density at radius 3 is 2.57 bits per heavy atom. The second kappa shape index (κ2) is 6.85. The maximum Gasteiger partial charge on any atom is 0.0897 e. The summed E-state index contributed by atoms with van der Waals surface area (Å²) >= 11 is 1.82. The van der Waals surface area contributed by atoms with Crippen molar-refractivity contribution in [3.8, 4) is 0 Å². The standard InChI is InChI=1S/C16H22N2O2S/c19-11-14(20)10-18-7-5-17(6-8-18)9-13-12-21-16-4-2-1-3-15(13)16/h1-4,12,14,19-20H,5-11H2. The Morgan fingerprint density at radius 2 is 1.81 bits per heavy atom. The summed E-state index contributed by atoms with van der Waals surface area (Å²) in [5, 5.41) is 22.0. The number of hydrogen-bond donors (Lipinski definition) is 2. The fraction of sp³-hybridized carbons (Fsp3) is 0.500. The number of fused-ring (bicyclic) bond motifs is 1. The summed E-state index contributed by atoms with van der Waals surface area (Å²) in [5.41, 5.74) is 1.42. The van der Waals surface area contributed by atoms with Gasteiger partial charge in [-0.15, -0.1) is 11.3 Å². The van der Waals surface area contributed by atoms with Crippen molar-refractivity contribution in [3.63, 3.8) is 0 Å². The number of benzene rings is 1. The topological polar surface area (TPSA) is 46.9 Å². The van der Waals surface area contributed by atoms with E-state index in [9.17, 15) is 5.11 Å². The molecule has 21 heavy (non-hydrogen) atoms. The lowest BCUT2D eigenvalue weighted by Gasteiger charge is -2.35. The molecule has 1 saturated heterocycles. The second-order valence-electron chi connectivity index (χ2n) is 5.67. The van der Waals surface area contributed by atoms with Gasteiger partial charge < -0.3 is 10.2 Å². The smallest absolute Gasteiger partial charge is 0.0897 e. The van der Waals surface area contributed by atoms with E-state index in [0.29, 0.717) is 6.54 Å². The second-order valence-corrected chi connectivity index (χ2v) is 6.58. The van der Waals surface area contributed by atoms with Gasteiger partial charge in [0.05, 0.1) is 12.7 Å². The number of thiophene rings is 1. The lowest BCUT2D eigenvalue weighted by Crippen LogP contribution is -2.48. The lowest BCUT2D eigenvalue weighted by atomic mass is 10.1. The summed E-state index contributed by atoms with van der Waals surface area (Å²) < 4.78 is 1.36. The van der Waals surface area contributed by atoms with Gasteiger partial charge in [0, 0.05) is 44.0 Å². The first-order valence-electron chi connectivity index (χ1n) is 7.45. The molecule has 2 N–H and O–H groups in total. The number of rotatable bonds is 5. The maximum absolute atomic E-state index is 9.50. The molecular formula is C16H22N2O2S. The minimum Gasteiger partial charge on any atom is -0.394 e. The van der Waals surface area contributed by atoms with Crippen molar-refractivity contribution in [2.24, 2.45) is 0 Å². The molecule has 1 fully saturated rings. The highest BCUT2D eigenvalue weighted by Crippen LogP contribution is 2.26. The highest BCUT2D eigenvalue weighted by atomic mass is 32.1. The van der Waals surface area contributed by atoms with Gasteiger partial charge in [0.1, 0.15) is 0 Å². The molecule has 3 rings (SSSR count). The van der Waals surface area contributed by atoms with E-state index in [-0.39, 0.29) is 6.61 Å². The Kier molecular flexibility index (Phi) is 4.87. The summed E-state index contributed by atoms with van der Waals surface area (Å²) in [6.45, 7) is 5.37. The van der Waals surface area contributed by atoms with Crippen molar-refractivity contribution in [3.05, 3.63) is 35.2 Å². The number of aliphatic hydroxyl groups excluding tert-OH is 2. The Balaban J connectivity index is 1.56. The molecule has 1 aromatic carbocycles. The van der Waals surface area contributed by atoms with Gasteiger partial charge in [0.25, 0.3) is 0 Å². The average molecular weight is 306 g/mol. The molecule has 2 aromatic rings. The first-order chi connectivity index (χ1) is 10.3. The van der Waals surface area contributed by atoms with Gasteiger partial charge in [-0.2, -0.15) is 0 Å². The third-order valence-corrected chi connectivity index (χ3v) is 5.11. The minimum absolute atomic E-state index is 0.152. The zero-order valence-corrected chi connectivity index (χ0v) is 12.9. The minimum atomic E-state index is -0.614. The van der Waals surface area contributed by atoms with E-state index in [0.717, 1.165) is 32.7 Å². The van der Waals surface area contributed by atoms with E-state index < -0.39 is 6.10 Å². The van der Waals surface area contributed by atoms with Crippen LogP contribution in [0.1, 0.15) is 5.56 Å². The average Bonchev–Trinajstić information content (AvgIpc) is 2.92. The van der Waals surface area contributed by atoms with Crippen LogP contribution >= 0.6 is 11.3 Å². The summed E-state index contributed by atoms with van der Waals surface area (Å²) in [5.74, 6) is 0. The summed E-state index contributed by atoms with van der Waals surface area (Å²) in [7, 11) is 0. The SMILES string of the molecule is OCC(O)CN1CCN(Cc2csc3ccccc23)CC1. The van der Waals surface area contributed by atoms with Gasteiger partial charge in [-0.25, -0.2) is 0 Å². The summed E-state index contributed by atoms with van der Waals surface area (Å²) in [6.07, 6.45) is -0.614. The molecule has 5 heteroatoms. The molecule has 0 bridgehead atoms. The van der Waals surface area contributed by atoms with Crippen LogP contribution in [-0.4, -0.2) is 65.4 Å². The van der Waals surface area contributed by atoms with Crippen LogP contribution in [-0.2, 0) is 6.54 Å². The predicted octanol–water partition coefficient (Wildman–Crippen LogP) is 1.37. The quantitative estimate of drug-likeness (QED) is 0.876. The molecule has 1 atom stereocenters. The van der Waals surface area contributed by atoms with Gasteiger partial charge in [-0.05, 0) is 22.4 Å². The third-order valence-electron chi connectivity index (χ3n) is 4.10. The predicted molar refractivity (Wildman–Crippen MR) is 86.6 cm³/mol. The fourth-order valence-electron chi connectivity index (χ4n) is 2.88. The lowest BCUT2D eigenvalue weighted by molar-refractivity contribution is 0.0384. The van der Waals surface area contributed by atoms with Crippen LogP contribution in [0, 0.1) is 0 Å². The normalized spacial score (nSPS) is 19.1. The van der Waals surface area contributed by atoms with Crippen LogP contribution in [0.5, 0.6) is 0 Å². The Labute approximate surface area is 129 Å². The fourth-order valence-corrected chi connectivity index (χ4v) is 3.84. The molecule has 1 aromatic heterocycles. The highest BCUT2D eigenvalue weighted by Gasteiger charge is 2.19. The number of nitrogens with zero attached hydrogens (tertiary/aromatic N) is 2. The summed E-state index contributed by atoms with van der Waals surface area (Å²) in [4.78, 5) is 4.69. The first kappa shape index (κ1) is 14.9. The third kappa shape index (κ3) is 3.62. The highest BCUT2D eigenvalue weighted by molar-refractivity contribution is 7.17. The van der Waals surface area contributed by atoms with E-state index in [4.69, 9.17) is 5.11 Å². The Bertz CT molecular complexity index is 578. The van der Waals surface area contributed by atoms with Crippen molar-refractivity contribution in [2.45, 2.75) is 12.6 Å². The van der Waals surface area contributed by atoms with E-state index in [1.54, 1.807) is 0 Å². The van der Waals surface area contributed by atoms with Crippen molar-refractivity contribution < 1.29 is 10.2 Å². The number of aliphatic hydroxyl groups is 2. The zero-order valence-electron chi connectivity index (χ0n) is 12.1. The van der Waals surface area contributed by atoms with Gasteiger partial charge in [0.15, 0.2) is 0 Å². The van der Waals surface area contributed by atoms with Crippen molar-refractivity contribution in [1.29, 1.82) is 0 Å². The van der Waals surface area contributed by atoms with Crippen LogP contribution < -0.4 is 0 Å². The van der Waals surface area contributed by atoms with Crippen LogP contribution in [0.2, 0.25) is 0 Å². The molecule has 1 aliphatic rings. The largest absolute Gasteiger partial charge is 0.394 e. The molecule has 2 heterocycles. The van der Waals surface area contributed by atoms with E-state index >= 15 is 0 Å². The molecule has 0 saturated carbocycles. The van der Waals surface area contributed by atoms with Crippen molar-refractivity contribution >= 4 is 21.4 Å². The van der Waals surface area contributed by atoms with E-state index in [1.165, 1.54) is 15.6 Å². The van der Waals surface area contributed by atoms with E-state index in [2.05, 4.69) is 39.4 Å². The summed E-state index contributed by atoms with van der Waals surface area (Å²) in [6, 6.07) is 8.58. The molecule has 0 aliphatic carbocycles. The van der Waals surface area contributed by atoms with Gasteiger partial charge in [0.2, 0.25) is 0 Å². The van der Waals surface area contributed by atoms with Gasteiger partial charge >= 0.3 is 0 Å². The van der Waals surface area contributed by atoms with Gasteiger partial charge in [-0.3, -0.25) is 9.80 Å². The van der Waals surface area contributed by atoms with Crippen LogP contribution in [0.25, 0.3) is 10.1 Å². The number of β-amino-alcohol motifs (C(OH)–C–C–N with tert-alkyl or cyclic N) is 1. The van der Waals surface area contributed by atoms with Crippen LogP contribution in [0.3, 0.4) is 0 Å². The van der Waals surface area contributed by atoms with Gasteiger partial charge in [-0.1, -0.05) is 18.2 Å². The molecule has 0 spiro atoms. The van der Waals surface area contributed by atoms with Crippen molar-refractivity contribution in [2.75, 3.05) is 39.3 Å². The Morgan fingerprint density at radius 1 is 1.10 bits per heavy atom. The first-order valence-corrected chi connectivity index (χ1v) is 8.33. The molecular weight excluding hydrogens is 284 g/mol. The zero-order chi connectivity index (χ0) is 14.7. The number of hydrogen-bond acceptors (Lipinski definition) is 5.